The van der Waals surface area contributed by atoms with Gasteiger partial charge in [0.25, 0.3) is 0 Å². The minimum absolute atomic E-state index is 0.737. The summed E-state index contributed by atoms with van der Waals surface area (Å²) >= 11 is 12.1. The summed E-state index contributed by atoms with van der Waals surface area (Å²) in [4.78, 5) is 0. The molecular weight excluding hydrogens is 229 g/mol. The van der Waals surface area contributed by atoms with E-state index in [1.807, 2.05) is 25.2 Å². The Hall–Kier alpha value is -0.500. The molecule has 0 saturated heterocycles. The van der Waals surface area contributed by atoms with Crippen LogP contribution in [-0.4, -0.2) is 13.6 Å². The van der Waals surface area contributed by atoms with Crippen molar-refractivity contribution >= 4 is 23.2 Å². The second kappa shape index (κ2) is 6.89. The van der Waals surface area contributed by atoms with Gasteiger partial charge in [0, 0.05) is 10.0 Å². The maximum absolute atomic E-state index is 6.04. The third kappa shape index (κ3) is 4.25. The van der Waals surface area contributed by atoms with Gasteiger partial charge in [0.1, 0.15) is 0 Å². The summed E-state index contributed by atoms with van der Waals surface area (Å²) in [5.41, 5.74) is 1.00. The summed E-state index contributed by atoms with van der Waals surface area (Å²) in [5, 5.41) is 4.56. The van der Waals surface area contributed by atoms with Crippen LogP contribution in [0, 0.1) is 0 Å². The average Bonchev–Trinajstić information content (AvgIpc) is 2.21. The molecule has 0 bridgehead atoms. The first-order valence-corrected chi connectivity index (χ1v) is 5.73. The number of allylic oxidation sites excluding steroid dienone is 1. The Labute approximate surface area is 101 Å². The molecule has 0 spiro atoms. The van der Waals surface area contributed by atoms with Gasteiger partial charge in [-0.05, 0) is 44.1 Å². The van der Waals surface area contributed by atoms with Gasteiger partial charge in [0.2, 0.25) is 0 Å². The largest absolute Gasteiger partial charge is 0.319 e. The van der Waals surface area contributed by atoms with E-state index in [9.17, 15) is 0 Å². The molecule has 0 aliphatic heterocycles. The van der Waals surface area contributed by atoms with Crippen molar-refractivity contribution in [3.05, 3.63) is 46.0 Å². The van der Waals surface area contributed by atoms with E-state index in [0.717, 1.165) is 35.0 Å². The highest BCUT2D eigenvalue weighted by atomic mass is 35.5. The van der Waals surface area contributed by atoms with Gasteiger partial charge in [-0.3, -0.25) is 0 Å². The van der Waals surface area contributed by atoms with Crippen LogP contribution in [0.3, 0.4) is 0 Å². The molecule has 1 aromatic rings. The Morgan fingerprint density at radius 2 is 1.87 bits per heavy atom. The van der Waals surface area contributed by atoms with Crippen molar-refractivity contribution in [2.75, 3.05) is 13.6 Å². The van der Waals surface area contributed by atoms with E-state index in [1.54, 1.807) is 0 Å². The predicted octanol–water partition coefficient (Wildman–Crippen LogP) is 3.70. The lowest BCUT2D eigenvalue weighted by molar-refractivity contribution is 0.806. The van der Waals surface area contributed by atoms with Gasteiger partial charge >= 0.3 is 0 Å². The van der Waals surface area contributed by atoms with Crippen LogP contribution in [0.4, 0.5) is 0 Å². The number of hydrogen-bond acceptors (Lipinski definition) is 1. The maximum atomic E-state index is 6.04. The number of hydrogen-bond donors (Lipinski definition) is 1. The molecule has 1 rings (SSSR count). The maximum Gasteiger partial charge on any atom is 0.0456 e. The SMILES string of the molecule is CNCCC=CCc1c(Cl)cccc1Cl. The molecule has 0 fully saturated rings. The Balaban J connectivity index is 2.53. The van der Waals surface area contributed by atoms with Crippen molar-refractivity contribution in [3.63, 3.8) is 0 Å². The lowest BCUT2D eigenvalue weighted by Gasteiger charge is -2.02. The van der Waals surface area contributed by atoms with Crippen LogP contribution in [-0.2, 0) is 6.42 Å². The van der Waals surface area contributed by atoms with E-state index >= 15 is 0 Å². The fourth-order valence-electron chi connectivity index (χ4n) is 1.27. The van der Waals surface area contributed by atoms with E-state index in [-0.39, 0.29) is 0 Å². The lowest BCUT2D eigenvalue weighted by atomic mass is 10.1. The Kier molecular flexibility index (Phi) is 5.77. The molecule has 1 N–H and O–H groups in total. The molecule has 0 radical (unpaired) electrons. The number of nitrogens with one attached hydrogen (secondary N) is 1. The molecule has 0 atom stereocenters. The van der Waals surface area contributed by atoms with Gasteiger partial charge < -0.3 is 5.32 Å². The van der Waals surface area contributed by atoms with Gasteiger partial charge in [0.15, 0.2) is 0 Å². The molecule has 1 nitrogen and oxygen atoms in total. The van der Waals surface area contributed by atoms with Crippen molar-refractivity contribution in [2.24, 2.45) is 0 Å². The molecule has 0 heterocycles. The molecule has 15 heavy (non-hydrogen) atoms. The second-order valence-corrected chi connectivity index (χ2v) is 4.08. The van der Waals surface area contributed by atoms with E-state index in [4.69, 9.17) is 23.2 Å². The Morgan fingerprint density at radius 1 is 1.20 bits per heavy atom. The van der Waals surface area contributed by atoms with Crippen LogP contribution in [0.2, 0.25) is 10.0 Å². The quantitative estimate of drug-likeness (QED) is 0.615. The lowest BCUT2D eigenvalue weighted by Crippen LogP contribution is -2.05. The molecule has 0 unspecified atom stereocenters. The molecular formula is C12H15Cl2N. The molecule has 0 aliphatic carbocycles. The first kappa shape index (κ1) is 12.6. The van der Waals surface area contributed by atoms with Crippen LogP contribution >= 0.6 is 23.2 Å². The number of benzene rings is 1. The molecule has 0 aliphatic rings. The topological polar surface area (TPSA) is 12.0 Å². The van der Waals surface area contributed by atoms with Crippen molar-refractivity contribution in [2.45, 2.75) is 12.8 Å². The highest BCUT2D eigenvalue weighted by Gasteiger charge is 2.02. The van der Waals surface area contributed by atoms with Gasteiger partial charge in [-0.1, -0.05) is 41.4 Å². The van der Waals surface area contributed by atoms with Crippen LogP contribution in [0.25, 0.3) is 0 Å². The van der Waals surface area contributed by atoms with Crippen molar-refractivity contribution in [3.8, 4) is 0 Å². The van der Waals surface area contributed by atoms with Gasteiger partial charge in [0.05, 0.1) is 0 Å². The van der Waals surface area contributed by atoms with E-state index in [1.165, 1.54) is 0 Å². The van der Waals surface area contributed by atoms with Crippen molar-refractivity contribution < 1.29 is 0 Å². The summed E-state index contributed by atoms with van der Waals surface area (Å²) < 4.78 is 0. The summed E-state index contributed by atoms with van der Waals surface area (Å²) in [7, 11) is 1.94. The molecule has 0 saturated carbocycles. The Bertz CT molecular complexity index is 314. The Morgan fingerprint density at radius 3 is 2.47 bits per heavy atom. The normalized spacial score (nSPS) is 11.1. The smallest absolute Gasteiger partial charge is 0.0456 e. The summed E-state index contributed by atoms with van der Waals surface area (Å²) in [6.45, 7) is 0.993. The zero-order valence-electron chi connectivity index (χ0n) is 8.76. The van der Waals surface area contributed by atoms with Gasteiger partial charge in [-0.15, -0.1) is 0 Å². The zero-order chi connectivity index (χ0) is 11.1. The minimum Gasteiger partial charge on any atom is -0.319 e. The fraction of sp³-hybridized carbons (Fsp3) is 0.333. The van der Waals surface area contributed by atoms with Gasteiger partial charge in [-0.2, -0.15) is 0 Å². The first-order chi connectivity index (χ1) is 7.25. The zero-order valence-corrected chi connectivity index (χ0v) is 10.3. The number of rotatable bonds is 5. The summed E-state index contributed by atoms with van der Waals surface area (Å²) in [5.74, 6) is 0. The third-order valence-electron chi connectivity index (χ3n) is 2.11. The third-order valence-corrected chi connectivity index (χ3v) is 2.82. The minimum atomic E-state index is 0.737. The van der Waals surface area contributed by atoms with Crippen molar-refractivity contribution in [1.82, 2.24) is 5.32 Å². The molecule has 1 aromatic carbocycles. The molecule has 0 aromatic heterocycles. The fourth-order valence-corrected chi connectivity index (χ4v) is 1.83. The van der Waals surface area contributed by atoms with Crippen LogP contribution in [0.5, 0.6) is 0 Å². The predicted molar refractivity (Wildman–Crippen MR) is 67.8 cm³/mol. The standard InChI is InChI=1S/C12H15Cl2N/c1-15-9-4-2-3-6-10-11(13)7-5-8-12(10)14/h2-3,5,7-8,15H,4,6,9H2,1H3. The first-order valence-electron chi connectivity index (χ1n) is 4.98. The highest BCUT2D eigenvalue weighted by molar-refractivity contribution is 6.36. The molecule has 82 valence electrons. The van der Waals surface area contributed by atoms with Crippen molar-refractivity contribution in [1.29, 1.82) is 0 Å². The van der Waals surface area contributed by atoms with E-state index in [2.05, 4.69) is 17.5 Å². The van der Waals surface area contributed by atoms with Crippen LogP contribution in [0.15, 0.2) is 30.4 Å². The highest BCUT2D eigenvalue weighted by Crippen LogP contribution is 2.24. The number of halogens is 2. The average molecular weight is 244 g/mol. The molecule has 3 heteroatoms. The monoisotopic (exact) mass is 243 g/mol. The summed E-state index contributed by atoms with van der Waals surface area (Å²) in [6, 6.07) is 5.59. The van der Waals surface area contributed by atoms with E-state index < -0.39 is 0 Å². The summed E-state index contributed by atoms with van der Waals surface area (Å²) in [6.07, 6.45) is 6.06. The van der Waals surface area contributed by atoms with Crippen LogP contribution < -0.4 is 5.32 Å². The molecule has 0 amide bonds. The van der Waals surface area contributed by atoms with Gasteiger partial charge in [-0.25, -0.2) is 0 Å². The van der Waals surface area contributed by atoms with E-state index in [0.29, 0.717) is 0 Å². The second-order valence-electron chi connectivity index (χ2n) is 3.27. The van der Waals surface area contributed by atoms with Crippen LogP contribution in [0.1, 0.15) is 12.0 Å².